The number of hydrogen-bond acceptors (Lipinski definition) is 5. The van der Waals surface area contributed by atoms with Crippen molar-refractivity contribution in [3.63, 3.8) is 0 Å². The molecule has 1 fully saturated rings. The Morgan fingerprint density at radius 3 is 2.38 bits per heavy atom. The molecule has 2 heterocycles. The highest BCUT2D eigenvalue weighted by molar-refractivity contribution is 7.91. The van der Waals surface area contributed by atoms with E-state index in [0.29, 0.717) is 43.3 Å². The van der Waals surface area contributed by atoms with E-state index in [1.165, 1.54) is 6.07 Å². The highest BCUT2D eigenvalue weighted by atomic mass is 32.2. The molecule has 0 spiro atoms. The Balaban J connectivity index is 1.50. The third-order valence-corrected chi connectivity index (χ3v) is 6.79. The number of alkyl halides is 3. The van der Waals surface area contributed by atoms with Gasteiger partial charge in [-0.3, -0.25) is 0 Å². The van der Waals surface area contributed by atoms with Crippen molar-refractivity contribution < 1.29 is 21.6 Å². The predicted octanol–water partition coefficient (Wildman–Crippen LogP) is 3.48. The van der Waals surface area contributed by atoms with Gasteiger partial charge in [-0.2, -0.15) is 13.2 Å². The zero-order valence-corrected chi connectivity index (χ0v) is 16.8. The van der Waals surface area contributed by atoms with Crippen molar-refractivity contribution in [2.24, 2.45) is 0 Å². The SMILES string of the molecule is O=S(=O)(CCCN1CCCN(c2ccc(C(F)(F)F)cn2)CC1)c1ccccc1. The maximum atomic E-state index is 12.7. The number of hydrogen-bond donors (Lipinski definition) is 0. The fourth-order valence-electron chi connectivity index (χ4n) is 3.39. The van der Waals surface area contributed by atoms with E-state index in [1.54, 1.807) is 30.3 Å². The fourth-order valence-corrected chi connectivity index (χ4v) is 4.70. The van der Waals surface area contributed by atoms with Crippen LogP contribution < -0.4 is 4.90 Å². The topological polar surface area (TPSA) is 53.5 Å². The lowest BCUT2D eigenvalue weighted by molar-refractivity contribution is -0.137. The van der Waals surface area contributed by atoms with E-state index >= 15 is 0 Å². The van der Waals surface area contributed by atoms with Crippen LogP contribution in [0.15, 0.2) is 53.6 Å². The monoisotopic (exact) mass is 427 g/mol. The molecule has 0 bridgehead atoms. The van der Waals surface area contributed by atoms with Crippen molar-refractivity contribution in [1.29, 1.82) is 0 Å². The molecular formula is C20H24F3N3O2S. The molecule has 0 radical (unpaired) electrons. The smallest absolute Gasteiger partial charge is 0.355 e. The summed E-state index contributed by atoms with van der Waals surface area (Å²) >= 11 is 0. The second-order valence-corrected chi connectivity index (χ2v) is 9.18. The van der Waals surface area contributed by atoms with Gasteiger partial charge < -0.3 is 9.80 Å². The molecule has 0 amide bonds. The van der Waals surface area contributed by atoms with Crippen molar-refractivity contribution in [3.05, 3.63) is 54.2 Å². The van der Waals surface area contributed by atoms with E-state index in [1.807, 2.05) is 4.90 Å². The Hall–Kier alpha value is -2.13. The van der Waals surface area contributed by atoms with Crippen LogP contribution in [0.3, 0.4) is 0 Å². The zero-order chi connectivity index (χ0) is 20.9. The summed E-state index contributed by atoms with van der Waals surface area (Å²) in [5.74, 6) is 0.629. The Labute approximate surface area is 169 Å². The van der Waals surface area contributed by atoms with Crippen molar-refractivity contribution in [2.75, 3.05) is 43.4 Å². The normalized spacial score (nSPS) is 16.6. The first kappa shape index (κ1) is 21.6. The molecule has 1 aromatic carbocycles. The molecular weight excluding hydrogens is 403 g/mol. The van der Waals surface area contributed by atoms with Gasteiger partial charge in [0.05, 0.1) is 16.2 Å². The number of halogens is 3. The highest BCUT2D eigenvalue weighted by Crippen LogP contribution is 2.29. The van der Waals surface area contributed by atoms with Gasteiger partial charge in [-0.1, -0.05) is 18.2 Å². The van der Waals surface area contributed by atoms with Gasteiger partial charge in [-0.05, 0) is 50.2 Å². The number of nitrogens with zero attached hydrogens (tertiary/aromatic N) is 3. The van der Waals surface area contributed by atoms with Crippen LogP contribution in [0.25, 0.3) is 0 Å². The van der Waals surface area contributed by atoms with Crippen LogP contribution in [-0.4, -0.2) is 56.8 Å². The predicted molar refractivity (Wildman–Crippen MR) is 106 cm³/mol. The molecule has 9 heteroatoms. The van der Waals surface area contributed by atoms with E-state index in [4.69, 9.17) is 0 Å². The van der Waals surface area contributed by atoms with Crippen LogP contribution in [0.5, 0.6) is 0 Å². The fraction of sp³-hybridized carbons (Fsp3) is 0.450. The molecule has 0 aliphatic carbocycles. The van der Waals surface area contributed by atoms with Crippen LogP contribution in [0.1, 0.15) is 18.4 Å². The number of benzene rings is 1. The van der Waals surface area contributed by atoms with Gasteiger partial charge in [0.1, 0.15) is 5.82 Å². The average Bonchev–Trinajstić information content (AvgIpc) is 2.94. The first-order valence-electron chi connectivity index (χ1n) is 9.54. The van der Waals surface area contributed by atoms with E-state index in [2.05, 4.69) is 9.88 Å². The van der Waals surface area contributed by atoms with Crippen LogP contribution in [-0.2, 0) is 16.0 Å². The molecule has 5 nitrogen and oxygen atoms in total. The van der Waals surface area contributed by atoms with Crippen molar-refractivity contribution in [3.8, 4) is 0 Å². The lowest BCUT2D eigenvalue weighted by atomic mass is 10.2. The molecule has 29 heavy (non-hydrogen) atoms. The molecule has 1 aromatic heterocycles. The Bertz CT molecular complexity index is 887. The summed E-state index contributed by atoms with van der Waals surface area (Å²) in [5.41, 5.74) is -0.752. The van der Waals surface area contributed by atoms with Crippen LogP contribution in [0, 0.1) is 0 Å². The summed E-state index contributed by atoms with van der Waals surface area (Å²) in [4.78, 5) is 8.49. The number of sulfone groups is 1. The van der Waals surface area contributed by atoms with Gasteiger partial charge in [-0.15, -0.1) is 0 Å². The summed E-state index contributed by atoms with van der Waals surface area (Å²) < 4.78 is 62.8. The number of pyridine rings is 1. The Morgan fingerprint density at radius 1 is 0.966 bits per heavy atom. The molecule has 0 atom stereocenters. The largest absolute Gasteiger partial charge is 0.417 e. The van der Waals surface area contributed by atoms with Crippen LogP contribution in [0.4, 0.5) is 19.0 Å². The maximum Gasteiger partial charge on any atom is 0.417 e. The first-order chi connectivity index (χ1) is 13.8. The van der Waals surface area contributed by atoms with Crippen LogP contribution >= 0.6 is 0 Å². The summed E-state index contributed by atoms with van der Waals surface area (Å²) in [6.07, 6.45) is -2.14. The molecule has 1 saturated heterocycles. The second kappa shape index (κ2) is 9.13. The Kier molecular flexibility index (Phi) is 6.79. The van der Waals surface area contributed by atoms with Crippen molar-refractivity contribution >= 4 is 15.7 Å². The standard InChI is InChI=1S/C20H24F3N3O2S/c21-20(22,23)17-8-9-19(24-16-17)26-12-4-10-25(13-14-26)11-5-15-29(27,28)18-6-2-1-3-7-18/h1-3,6-9,16H,4-5,10-15H2. The van der Waals surface area contributed by atoms with E-state index in [-0.39, 0.29) is 5.75 Å². The lowest BCUT2D eigenvalue weighted by Crippen LogP contribution is -2.32. The minimum Gasteiger partial charge on any atom is -0.355 e. The summed E-state index contributed by atoms with van der Waals surface area (Å²) in [5, 5.41) is 0. The molecule has 0 unspecified atom stereocenters. The third kappa shape index (κ3) is 5.93. The quantitative estimate of drug-likeness (QED) is 0.707. The minimum atomic E-state index is -4.39. The second-order valence-electron chi connectivity index (χ2n) is 7.07. The van der Waals surface area contributed by atoms with Gasteiger partial charge >= 0.3 is 6.18 Å². The molecule has 0 saturated carbocycles. The maximum absolute atomic E-state index is 12.7. The highest BCUT2D eigenvalue weighted by Gasteiger charge is 2.31. The average molecular weight is 427 g/mol. The van der Waals surface area contributed by atoms with Gasteiger partial charge in [0.15, 0.2) is 9.84 Å². The van der Waals surface area contributed by atoms with Gasteiger partial charge in [0.25, 0.3) is 0 Å². The Morgan fingerprint density at radius 2 is 1.72 bits per heavy atom. The third-order valence-electron chi connectivity index (χ3n) is 4.98. The zero-order valence-electron chi connectivity index (χ0n) is 16.0. The molecule has 1 aliphatic rings. The van der Waals surface area contributed by atoms with Crippen LogP contribution in [0.2, 0.25) is 0 Å². The minimum absolute atomic E-state index is 0.0949. The molecule has 1 aliphatic heterocycles. The number of rotatable bonds is 6. The first-order valence-corrected chi connectivity index (χ1v) is 11.2. The van der Waals surface area contributed by atoms with Crippen molar-refractivity contribution in [2.45, 2.75) is 23.9 Å². The van der Waals surface area contributed by atoms with E-state index < -0.39 is 21.6 Å². The van der Waals surface area contributed by atoms with Gasteiger partial charge in [-0.25, -0.2) is 13.4 Å². The number of aromatic nitrogens is 1. The molecule has 0 N–H and O–H groups in total. The molecule has 158 valence electrons. The summed E-state index contributed by atoms with van der Waals surface area (Å²) in [6.45, 7) is 3.55. The molecule has 2 aromatic rings. The lowest BCUT2D eigenvalue weighted by Gasteiger charge is -2.23. The van der Waals surface area contributed by atoms with E-state index in [0.717, 1.165) is 25.2 Å². The summed E-state index contributed by atoms with van der Waals surface area (Å²) in [7, 11) is -3.28. The van der Waals surface area contributed by atoms with Crippen molar-refractivity contribution in [1.82, 2.24) is 9.88 Å². The van der Waals surface area contributed by atoms with Gasteiger partial charge in [0.2, 0.25) is 0 Å². The van der Waals surface area contributed by atoms with E-state index in [9.17, 15) is 21.6 Å². The number of anilines is 1. The van der Waals surface area contributed by atoms with Gasteiger partial charge in [0, 0.05) is 25.8 Å². The summed E-state index contributed by atoms with van der Waals surface area (Å²) in [6, 6.07) is 10.9. The molecule has 3 rings (SSSR count).